The smallest absolute Gasteiger partial charge is 0.349 e. The zero-order chi connectivity index (χ0) is 23.3. The molecular weight excluding hydrogens is 425 g/mol. The van der Waals surface area contributed by atoms with Crippen molar-refractivity contribution in [3.63, 3.8) is 0 Å². The molecule has 2 aromatic rings. The highest BCUT2D eigenvalue weighted by molar-refractivity contribution is 5.91. The Morgan fingerprint density at radius 3 is 2.19 bits per heavy atom. The van der Waals surface area contributed by atoms with Gasteiger partial charge in [0.05, 0.1) is 0 Å². The molecule has 1 aromatic heterocycles. The molecule has 1 atom stereocenters. The molecular formula is C22H25F3N4O3. The molecule has 0 spiro atoms. The molecule has 10 heteroatoms. The van der Waals surface area contributed by atoms with E-state index in [1.807, 2.05) is 20.8 Å². The highest BCUT2D eigenvalue weighted by Crippen LogP contribution is 2.41. The molecule has 2 amide bonds. The van der Waals surface area contributed by atoms with Crippen molar-refractivity contribution in [2.75, 3.05) is 0 Å². The third-order valence-corrected chi connectivity index (χ3v) is 5.30. The molecule has 0 bridgehead atoms. The number of carbonyl (C=O) groups excluding carboxylic acids is 2. The van der Waals surface area contributed by atoms with Gasteiger partial charge in [0.25, 0.3) is 0 Å². The monoisotopic (exact) mass is 450 g/mol. The van der Waals surface area contributed by atoms with Crippen LogP contribution in [-0.2, 0) is 15.8 Å². The predicted molar refractivity (Wildman–Crippen MR) is 108 cm³/mol. The Labute approximate surface area is 183 Å². The van der Waals surface area contributed by atoms with E-state index in [1.165, 1.54) is 12.1 Å². The van der Waals surface area contributed by atoms with Crippen molar-refractivity contribution in [1.82, 2.24) is 20.4 Å². The van der Waals surface area contributed by atoms with E-state index in [2.05, 4.69) is 20.0 Å². The van der Waals surface area contributed by atoms with E-state index in [-0.39, 0.29) is 29.6 Å². The van der Waals surface area contributed by atoms with Crippen LogP contribution in [0.1, 0.15) is 64.0 Å². The van der Waals surface area contributed by atoms with Crippen LogP contribution < -0.4 is 5.32 Å². The number of nitrogens with zero attached hydrogens (tertiary/aromatic N) is 3. The largest absolute Gasteiger partial charge is 0.471 e. The molecule has 1 N–H and O–H groups in total. The van der Waals surface area contributed by atoms with Crippen LogP contribution >= 0.6 is 0 Å². The Morgan fingerprint density at radius 1 is 1.09 bits per heavy atom. The maximum atomic E-state index is 13.3. The number of hydrogen-bond acceptors (Lipinski definition) is 5. The summed E-state index contributed by atoms with van der Waals surface area (Å²) < 4.78 is 42.5. The summed E-state index contributed by atoms with van der Waals surface area (Å²) in [5.74, 6) is -1.97. The van der Waals surface area contributed by atoms with Crippen LogP contribution in [0, 0.1) is 5.92 Å². The highest BCUT2D eigenvalue weighted by Gasteiger charge is 2.46. The molecule has 1 aromatic carbocycles. The first-order valence-corrected chi connectivity index (χ1v) is 10.6. The lowest BCUT2D eigenvalue weighted by Gasteiger charge is -2.34. The van der Waals surface area contributed by atoms with Crippen molar-refractivity contribution in [2.24, 2.45) is 5.92 Å². The second-order valence-corrected chi connectivity index (χ2v) is 9.44. The van der Waals surface area contributed by atoms with E-state index in [0.717, 1.165) is 25.7 Å². The zero-order valence-electron chi connectivity index (χ0n) is 18.1. The van der Waals surface area contributed by atoms with Crippen molar-refractivity contribution >= 4 is 11.8 Å². The van der Waals surface area contributed by atoms with E-state index in [1.54, 1.807) is 17.0 Å². The first-order chi connectivity index (χ1) is 14.9. The molecule has 2 aliphatic carbocycles. The second-order valence-electron chi connectivity index (χ2n) is 9.44. The fraction of sp³-hybridized carbons (Fsp3) is 0.545. The summed E-state index contributed by atoms with van der Waals surface area (Å²) in [4.78, 5) is 31.4. The fourth-order valence-electron chi connectivity index (χ4n) is 3.56. The molecule has 2 aliphatic rings. The molecule has 172 valence electrons. The van der Waals surface area contributed by atoms with Crippen LogP contribution in [-0.4, -0.2) is 38.4 Å². The minimum atomic E-state index is -4.73. The number of rotatable bonds is 6. The van der Waals surface area contributed by atoms with Crippen molar-refractivity contribution in [3.05, 3.63) is 35.7 Å². The number of benzene rings is 1. The van der Waals surface area contributed by atoms with E-state index in [0.29, 0.717) is 11.1 Å². The van der Waals surface area contributed by atoms with Gasteiger partial charge in [-0.15, -0.1) is 0 Å². The highest BCUT2D eigenvalue weighted by atomic mass is 19.4. The number of alkyl halides is 3. The SMILES string of the molecule is CC(C)(C)NC(=O)C(c1ccc(-c2noc(C(F)(F)F)n2)cc1)N(C(=O)C1CC1)C1CC1. The molecule has 2 saturated carbocycles. The van der Waals surface area contributed by atoms with Crippen LogP contribution in [0.3, 0.4) is 0 Å². The topological polar surface area (TPSA) is 88.3 Å². The predicted octanol–water partition coefficient (Wildman–Crippen LogP) is 4.11. The van der Waals surface area contributed by atoms with Gasteiger partial charge in [0.15, 0.2) is 0 Å². The average molecular weight is 450 g/mol. The van der Waals surface area contributed by atoms with Gasteiger partial charge in [-0.3, -0.25) is 9.59 Å². The lowest BCUT2D eigenvalue weighted by molar-refractivity contribution is -0.159. The Hall–Kier alpha value is -2.91. The van der Waals surface area contributed by atoms with Gasteiger partial charge in [-0.2, -0.15) is 18.2 Å². The average Bonchev–Trinajstić information content (AvgIpc) is 3.61. The number of amides is 2. The Kier molecular flexibility index (Phi) is 5.50. The zero-order valence-corrected chi connectivity index (χ0v) is 18.1. The van der Waals surface area contributed by atoms with Crippen LogP contribution in [0.4, 0.5) is 13.2 Å². The standard InChI is InChI=1S/C22H25F3N4O3/c1-21(2,3)27-18(30)16(29(15-10-11-15)19(31)14-8-9-14)12-4-6-13(7-5-12)17-26-20(32-28-17)22(23,24)25/h4-7,14-16H,8-11H2,1-3H3,(H,27,30). The van der Waals surface area contributed by atoms with Crippen LogP contribution in [0.25, 0.3) is 11.4 Å². The van der Waals surface area contributed by atoms with Gasteiger partial charge in [-0.25, -0.2) is 0 Å². The van der Waals surface area contributed by atoms with Gasteiger partial charge in [0.1, 0.15) is 6.04 Å². The summed E-state index contributed by atoms with van der Waals surface area (Å²) in [5, 5.41) is 6.36. The van der Waals surface area contributed by atoms with Gasteiger partial charge in [-0.05, 0) is 52.0 Å². The third kappa shape index (κ3) is 4.94. The Balaban J connectivity index is 1.65. The lowest BCUT2D eigenvalue weighted by Crippen LogP contribution is -2.50. The van der Waals surface area contributed by atoms with Crippen molar-refractivity contribution in [3.8, 4) is 11.4 Å². The van der Waals surface area contributed by atoms with Crippen molar-refractivity contribution < 1.29 is 27.3 Å². The second kappa shape index (κ2) is 7.90. The summed E-state index contributed by atoms with van der Waals surface area (Å²) in [6.07, 6.45) is -1.38. The maximum absolute atomic E-state index is 13.3. The minimum Gasteiger partial charge on any atom is -0.349 e. The van der Waals surface area contributed by atoms with Gasteiger partial charge < -0.3 is 14.7 Å². The van der Waals surface area contributed by atoms with E-state index < -0.39 is 23.6 Å². The Bertz CT molecular complexity index is 1000. The molecule has 1 unspecified atom stereocenters. The molecule has 32 heavy (non-hydrogen) atoms. The molecule has 4 rings (SSSR count). The fourth-order valence-corrected chi connectivity index (χ4v) is 3.56. The summed E-state index contributed by atoms with van der Waals surface area (Å²) in [6, 6.07) is 5.52. The van der Waals surface area contributed by atoms with Crippen LogP contribution in [0.5, 0.6) is 0 Å². The first kappa shape index (κ1) is 22.3. The van der Waals surface area contributed by atoms with E-state index >= 15 is 0 Å². The van der Waals surface area contributed by atoms with Crippen LogP contribution in [0.2, 0.25) is 0 Å². The first-order valence-electron chi connectivity index (χ1n) is 10.6. The minimum absolute atomic E-state index is 0.0152. The number of carbonyl (C=O) groups is 2. The van der Waals surface area contributed by atoms with Gasteiger partial charge in [0.2, 0.25) is 17.6 Å². The molecule has 0 saturated heterocycles. The van der Waals surface area contributed by atoms with Gasteiger partial charge >= 0.3 is 12.1 Å². The molecule has 0 aliphatic heterocycles. The third-order valence-electron chi connectivity index (χ3n) is 5.30. The van der Waals surface area contributed by atoms with Crippen molar-refractivity contribution in [1.29, 1.82) is 0 Å². The Morgan fingerprint density at radius 2 is 1.72 bits per heavy atom. The normalized spacial score (nSPS) is 17.7. The number of aromatic nitrogens is 2. The summed E-state index contributed by atoms with van der Waals surface area (Å²) >= 11 is 0. The molecule has 1 heterocycles. The maximum Gasteiger partial charge on any atom is 0.471 e. The summed E-state index contributed by atoms with van der Waals surface area (Å²) in [5.41, 5.74) is 0.400. The quantitative estimate of drug-likeness (QED) is 0.716. The summed E-state index contributed by atoms with van der Waals surface area (Å²) in [6.45, 7) is 5.59. The number of hydrogen-bond donors (Lipinski definition) is 1. The van der Waals surface area contributed by atoms with Crippen molar-refractivity contribution in [2.45, 2.75) is 70.3 Å². The number of halogens is 3. The van der Waals surface area contributed by atoms with Gasteiger partial charge in [-0.1, -0.05) is 29.4 Å². The molecule has 0 radical (unpaired) electrons. The molecule has 7 nitrogen and oxygen atoms in total. The van der Waals surface area contributed by atoms with Gasteiger partial charge in [0, 0.05) is 23.1 Å². The molecule has 2 fully saturated rings. The van der Waals surface area contributed by atoms with Crippen LogP contribution in [0.15, 0.2) is 28.8 Å². The van der Waals surface area contributed by atoms with E-state index in [9.17, 15) is 22.8 Å². The van der Waals surface area contributed by atoms with E-state index in [4.69, 9.17) is 0 Å². The summed E-state index contributed by atoms with van der Waals surface area (Å²) in [7, 11) is 0. The lowest BCUT2D eigenvalue weighted by atomic mass is 9.99. The number of nitrogens with one attached hydrogen (secondary N) is 1.